The maximum Gasteiger partial charge on any atom is 0.338 e. The lowest BCUT2D eigenvalue weighted by Gasteiger charge is -2.35. The Kier molecular flexibility index (Phi) is 4.53. The molecule has 0 unspecified atom stereocenters. The number of hydrogen-bond acceptors (Lipinski definition) is 3. The van der Waals surface area contributed by atoms with Crippen molar-refractivity contribution >= 4 is 18.6 Å². The highest BCUT2D eigenvalue weighted by Gasteiger charge is 2.35. The van der Waals surface area contributed by atoms with Gasteiger partial charge in [0.25, 0.3) is 0 Å². The average molecular weight is 280 g/mol. The molecule has 0 saturated carbocycles. The average Bonchev–Trinajstić information content (AvgIpc) is 2.40. The van der Waals surface area contributed by atoms with Crippen LogP contribution in [0.15, 0.2) is 29.2 Å². The van der Waals surface area contributed by atoms with Crippen LogP contribution in [0.2, 0.25) is 0 Å². The van der Waals surface area contributed by atoms with E-state index in [1.165, 1.54) is 0 Å². The first kappa shape index (κ1) is 14.4. The normalized spacial score (nSPS) is 17.2. The summed E-state index contributed by atoms with van der Waals surface area (Å²) in [5.41, 5.74) is 0.193. The largest absolute Gasteiger partial charge is 0.456 e. The Hall–Kier alpha value is -1.00. The predicted molar refractivity (Wildman–Crippen MR) is 77.6 cm³/mol. The second kappa shape index (κ2) is 5.97. The van der Waals surface area contributed by atoms with Gasteiger partial charge in [-0.05, 0) is 38.1 Å². The first-order chi connectivity index (χ1) is 8.99. The van der Waals surface area contributed by atoms with Crippen LogP contribution in [-0.4, -0.2) is 24.7 Å². The third kappa shape index (κ3) is 3.74. The zero-order chi connectivity index (χ0) is 13.9. The Morgan fingerprint density at radius 2 is 1.84 bits per heavy atom. The van der Waals surface area contributed by atoms with E-state index in [1.807, 2.05) is 26.0 Å². The van der Waals surface area contributed by atoms with Crippen molar-refractivity contribution in [2.75, 3.05) is 13.1 Å². The quantitative estimate of drug-likeness (QED) is 0.656. The third-order valence-corrected chi connectivity index (χ3v) is 4.18. The molecule has 2 rings (SSSR count). The van der Waals surface area contributed by atoms with E-state index < -0.39 is 5.60 Å². The van der Waals surface area contributed by atoms with Crippen molar-refractivity contribution in [1.82, 2.24) is 0 Å². The molecule has 1 saturated heterocycles. The number of thiol groups is 1. The lowest BCUT2D eigenvalue weighted by Crippen LogP contribution is -2.86. The van der Waals surface area contributed by atoms with Gasteiger partial charge in [-0.15, -0.1) is 12.6 Å². The van der Waals surface area contributed by atoms with Crippen molar-refractivity contribution in [1.29, 1.82) is 0 Å². The van der Waals surface area contributed by atoms with Gasteiger partial charge in [0.15, 0.2) is 0 Å². The van der Waals surface area contributed by atoms with E-state index >= 15 is 0 Å². The molecule has 0 radical (unpaired) electrons. The van der Waals surface area contributed by atoms with Crippen LogP contribution in [0, 0.1) is 5.92 Å². The lowest BCUT2D eigenvalue weighted by molar-refractivity contribution is -0.665. The van der Waals surface area contributed by atoms with Crippen LogP contribution in [0.1, 0.15) is 37.0 Å². The van der Waals surface area contributed by atoms with Gasteiger partial charge < -0.3 is 10.1 Å². The molecule has 0 bridgehead atoms. The molecule has 0 spiro atoms. The summed E-state index contributed by atoms with van der Waals surface area (Å²) in [6.07, 6.45) is 2.21. The van der Waals surface area contributed by atoms with E-state index in [0.29, 0.717) is 11.5 Å². The monoisotopic (exact) mass is 280 g/mol. The molecule has 1 aromatic rings. The second-order valence-corrected chi connectivity index (χ2v) is 6.20. The van der Waals surface area contributed by atoms with Crippen LogP contribution in [0.5, 0.6) is 0 Å². The molecule has 0 aliphatic carbocycles. The molecule has 1 heterocycles. The van der Waals surface area contributed by atoms with Crippen molar-refractivity contribution in [3.8, 4) is 0 Å². The summed E-state index contributed by atoms with van der Waals surface area (Å²) in [5.74, 6) is 0.207. The Balaban J connectivity index is 2.02. The molecule has 1 aromatic carbocycles. The highest BCUT2D eigenvalue weighted by molar-refractivity contribution is 7.80. The summed E-state index contributed by atoms with van der Waals surface area (Å²) in [6.45, 7) is 6.29. The topological polar surface area (TPSA) is 42.9 Å². The number of ether oxygens (including phenoxy) is 1. The van der Waals surface area contributed by atoms with Crippen molar-refractivity contribution < 1.29 is 14.8 Å². The summed E-state index contributed by atoms with van der Waals surface area (Å²) in [4.78, 5) is 13.0. The highest BCUT2D eigenvalue weighted by Crippen LogP contribution is 2.28. The van der Waals surface area contributed by atoms with Crippen molar-refractivity contribution in [3.63, 3.8) is 0 Å². The molecule has 1 aliphatic heterocycles. The number of rotatable bonds is 3. The Morgan fingerprint density at radius 3 is 2.42 bits per heavy atom. The minimum atomic E-state index is -0.398. The molecule has 104 valence electrons. The predicted octanol–water partition coefficient (Wildman–Crippen LogP) is 1.88. The van der Waals surface area contributed by atoms with Gasteiger partial charge in [0.1, 0.15) is 5.60 Å². The fourth-order valence-electron chi connectivity index (χ4n) is 2.60. The van der Waals surface area contributed by atoms with Crippen LogP contribution >= 0.6 is 12.6 Å². The van der Waals surface area contributed by atoms with Crippen molar-refractivity contribution in [2.45, 2.75) is 37.2 Å². The molecule has 0 aromatic heterocycles. The number of hydrogen-bond donors (Lipinski definition) is 2. The first-order valence-electron chi connectivity index (χ1n) is 6.83. The van der Waals surface area contributed by atoms with Gasteiger partial charge in [0.05, 0.1) is 18.7 Å². The molecular weight excluding hydrogens is 258 g/mol. The zero-order valence-corrected chi connectivity index (χ0v) is 12.5. The standard InChI is InChI=1S/C15H21NO2S/c1-15(2,12-7-9-16-10-8-12)18-14(17)11-3-5-13(19)6-4-11/h3-6,12,16,19H,7-10H2,1-2H3/p+1. The molecular formula is C15H22NO2S+. The Labute approximate surface area is 120 Å². The number of carbonyl (C=O) groups excluding carboxylic acids is 1. The summed E-state index contributed by atoms with van der Waals surface area (Å²) >= 11 is 4.21. The summed E-state index contributed by atoms with van der Waals surface area (Å²) in [7, 11) is 0. The fraction of sp³-hybridized carbons (Fsp3) is 0.533. The number of esters is 1. The number of benzene rings is 1. The summed E-state index contributed by atoms with van der Waals surface area (Å²) < 4.78 is 5.73. The molecule has 0 amide bonds. The van der Waals surface area contributed by atoms with E-state index in [9.17, 15) is 4.79 Å². The van der Waals surface area contributed by atoms with Gasteiger partial charge in [-0.2, -0.15) is 0 Å². The van der Waals surface area contributed by atoms with Gasteiger partial charge >= 0.3 is 5.97 Å². The molecule has 3 nitrogen and oxygen atoms in total. The molecule has 1 aliphatic rings. The van der Waals surface area contributed by atoms with E-state index in [2.05, 4.69) is 17.9 Å². The van der Waals surface area contributed by atoms with Crippen molar-refractivity contribution in [2.24, 2.45) is 5.92 Å². The van der Waals surface area contributed by atoms with E-state index in [0.717, 1.165) is 30.8 Å². The van der Waals surface area contributed by atoms with E-state index in [4.69, 9.17) is 4.74 Å². The lowest BCUT2D eigenvalue weighted by atomic mass is 9.83. The summed E-state index contributed by atoms with van der Waals surface area (Å²) in [5, 5.41) is 2.32. The van der Waals surface area contributed by atoms with E-state index in [1.54, 1.807) is 12.1 Å². The van der Waals surface area contributed by atoms with Crippen LogP contribution in [0.3, 0.4) is 0 Å². The van der Waals surface area contributed by atoms with Gasteiger partial charge in [0.2, 0.25) is 0 Å². The van der Waals surface area contributed by atoms with Crippen LogP contribution in [0.4, 0.5) is 0 Å². The fourth-order valence-corrected chi connectivity index (χ4v) is 2.75. The van der Waals surface area contributed by atoms with Gasteiger partial charge in [-0.3, -0.25) is 0 Å². The van der Waals surface area contributed by atoms with Gasteiger partial charge in [-0.25, -0.2) is 4.79 Å². The molecule has 1 fully saturated rings. The van der Waals surface area contributed by atoms with Crippen LogP contribution < -0.4 is 5.32 Å². The third-order valence-electron chi connectivity index (χ3n) is 3.88. The maximum atomic E-state index is 12.2. The minimum absolute atomic E-state index is 0.243. The summed E-state index contributed by atoms with van der Waals surface area (Å²) in [6, 6.07) is 7.13. The van der Waals surface area contributed by atoms with Crippen LogP contribution in [-0.2, 0) is 4.74 Å². The molecule has 2 N–H and O–H groups in total. The number of piperidine rings is 1. The second-order valence-electron chi connectivity index (χ2n) is 5.68. The SMILES string of the molecule is CC(C)(OC(=O)c1ccc(S)cc1)C1CC[NH2+]CC1. The number of carbonyl (C=O) groups is 1. The first-order valence-corrected chi connectivity index (χ1v) is 7.28. The highest BCUT2D eigenvalue weighted by atomic mass is 32.1. The Morgan fingerprint density at radius 1 is 1.26 bits per heavy atom. The van der Waals surface area contributed by atoms with Gasteiger partial charge in [0, 0.05) is 23.7 Å². The van der Waals surface area contributed by atoms with E-state index in [-0.39, 0.29) is 5.97 Å². The van der Waals surface area contributed by atoms with Gasteiger partial charge in [-0.1, -0.05) is 0 Å². The maximum absolute atomic E-state index is 12.2. The van der Waals surface area contributed by atoms with Crippen molar-refractivity contribution in [3.05, 3.63) is 29.8 Å². The minimum Gasteiger partial charge on any atom is -0.456 e. The molecule has 19 heavy (non-hydrogen) atoms. The zero-order valence-electron chi connectivity index (χ0n) is 11.6. The smallest absolute Gasteiger partial charge is 0.338 e. The molecule has 0 atom stereocenters. The Bertz CT molecular complexity index is 436. The number of nitrogens with two attached hydrogens (primary N) is 1. The number of quaternary nitrogens is 1. The molecule has 4 heteroatoms. The van der Waals surface area contributed by atoms with Crippen LogP contribution in [0.25, 0.3) is 0 Å².